The Morgan fingerprint density at radius 2 is 2.19 bits per heavy atom. The van der Waals surface area contributed by atoms with Crippen LogP contribution in [0, 0.1) is 11.7 Å². The molecule has 1 aromatic carbocycles. The maximum Gasteiger partial charge on any atom is 0.315 e. The molecular weight excluding hydrogens is 275 g/mol. The number of rotatable bonds is 8. The van der Waals surface area contributed by atoms with Gasteiger partial charge in [-0.2, -0.15) is 0 Å². The van der Waals surface area contributed by atoms with Crippen LogP contribution in [0.15, 0.2) is 18.2 Å². The van der Waals surface area contributed by atoms with Crippen molar-refractivity contribution in [2.75, 3.05) is 20.3 Å². The van der Waals surface area contributed by atoms with Crippen LogP contribution in [0.1, 0.15) is 24.5 Å². The highest BCUT2D eigenvalue weighted by molar-refractivity contribution is 5.73. The third kappa shape index (κ3) is 6.55. The lowest BCUT2D eigenvalue weighted by Gasteiger charge is -2.12. The summed E-state index contributed by atoms with van der Waals surface area (Å²) in [6, 6.07) is 4.39. The molecule has 1 unspecified atom stereocenters. The van der Waals surface area contributed by atoms with Crippen molar-refractivity contribution in [3.63, 3.8) is 0 Å². The number of aliphatic hydroxyl groups excluding tert-OH is 1. The normalized spacial score (nSPS) is 12.0. The number of nitrogens with one attached hydrogen (secondary N) is 2. The molecule has 0 saturated heterocycles. The molecule has 1 rings (SSSR count). The van der Waals surface area contributed by atoms with Crippen LogP contribution >= 0.6 is 0 Å². The zero-order valence-electron chi connectivity index (χ0n) is 12.5. The van der Waals surface area contributed by atoms with E-state index in [4.69, 9.17) is 9.84 Å². The lowest BCUT2D eigenvalue weighted by atomic mass is 10.1. The predicted molar refractivity (Wildman–Crippen MR) is 78.2 cm³/mol. The van der Waals surface area contributed by atoms with Gasteiger partial charge in [-0.1, -0.05) is 13.0 Å². The van der Waals surface area contributed by atoms with Crippen molar-refractivity contribution < 1.29 is 19.0 Å². The molecule has 0 saturated carbocycles. The quantitative estimate of drug-likeness (QED) is 0.685. The molecule has 6 heteroatoms. The van der Waals surface area contributed by atoms with Crippen molar-refractivity contribution in [3.8, 4) is 0 Å². The second-order valence-corrected chi connectivity index (χ2v) is 5.04. The van der Waals surface area contributed by atoms with Gasteiger partial charge >= 0.3 is 6.03 Å². The highest BCUT2D eigenvalue weighted by Gasteiger charge is 2.06. The maximum atomic E-state index is 13.4. The van der Waals surface area contributed by atoms with Gasteiger partial charge in [-0.15, -0.1) is 0 Å². The standard InChI is InChI=1S/C15H23FN2O3/c1-11(5-6-19)8-17-15(20)18-9-12-3-4-14(16)13(7-12)10-21-2/h3-4,7,11,19H,5-6,8-10H2,1-2H3,(H2,17,18,20). The Hall–Kier alpha value is -1.66. The largest absolute Gasteiger partial charge is 0.396 e. The van der Waals surface area contributed by atoms with Crippen molar-refractivity contribution in [2.45, 2.75) is 26.5 Å². The summed E-state index contributed by atoms with van der Waals surface area (Å²) >= 11 is 0. The molecule has 0 aromatic heterocycles. The zero-order valence-corrected chi connectivity index (χ0v) is 12.5. The van der Waals surface area contributed by atoms with E-state index in [1.54, 1.807) is 12.1 Å². The summed E-state index contributed by atoms with van der Waals surface area (Å²) in [6.07, 6.45) is 0.651. The van der Waals surface area contributed by atoms with Crippen LogP contribution in [-0.2, 0) is 17.9 Å². The summed E-state index contributed by atoms with van der Waals surface area (Å²) in [6.45, 7) is 3.09. The summed E-state index contributed by atoms with van der Waals surface area (Å²) in [4.78, 5) is 11.6. The second kappa shape index (κ2) is 9.31. The molecule has 0 fully saturated rings. The molecule has 0 aliphatic carbocycles. The molecule has 0 bridgehead atoms. The van der Waals surface area contributed by atoms with E-state index in [-0.39, 0.29) is 31.0 Å². The van der Waals surface area contributed by atoms with Gasteiger partial charge in [0.05, 0.1) is 6.61 Å². The fourth-order valence-corrected chi connectivity index (χ4v) is 1.84. The van der Waals surface area contributed by atoms with Crippen LogP contribution in [-0.4, -0.2) is 31.4 Å². The van der Waals surface area contributed by atoms with Gasteiger partial charge in [0.1, 0.15) is 5.82 Å². The molecular formula is C15H23FN2O3. The highest BCUT2D eigenvalue weighted by Crippen LogP contribution is 2.11. The first-order chi connectivity index (χ1) is 10.1. The third-order valence-electron chi connectivity index (χ3n) is 3.10. The molecule has 5 nitrogen and oxygen atoms in total. The van der Waals surface area contributed by atoms with Crippen molar-refractivity contribution in [2.24, 2.45) is 5.92 Å². The topological polar surface area (TPSA) is 70.6 Å². The Bertz CT molecular complexity index is 455. The number of urea groups is 1. The molecule has 21 heavy (non-hydrogen) atoms. The minimum absolute atomic E-state index is 0.113. The first-order valence-electron chi connectivity index (χ1n) is 6.95. The van der Waals surface area contributed by atoms with Gasteiger partial charge in [0.2, 0.25) is 0 Å². The van der Waals surface area contributed by atoms with Gasteiger partial charge < -0.3 is 20.5 Å². The lowest BCUT2D eigenvalue weighted by Crippen LogP contribution is -2.37. The average molecular weight is 298 g/mol. The minimum Gasteiger partial charge on any atom is -0.396 e. The van der Waals surface area contributed by atoms with Crippen LogP contribution in [0.5, 0.6) is 0 Å². The number of benzene rings is 1. The molecule has 1 aromatic rings. The minimum atomic E-state index is -0.317. The summed E-state index contributed by atoms with van der Waals surface area (Å²) in [5.74, 6) is -0.0947. The first kappa shape index (κ1) is 17.4. The van der Waals surface area contributed by atoms with Gasteiger partial charge in [-0.25, -0.2) is 9.18 Å². The van der Waals surface area contributed by atoms with E-state index < -0.39 is 0 Å². The number of methoxy groups -OCH3 is 1. The van der Waals surface area contributed by atoms with E-state index in [1.807, 2.05) is 6.92 Å². The van der Waals surface area contributed by atoms with E-state index in [0.29, 0.717) is 25.1 Å². The zero-order chi connectivity index (χ0) is 15.7. The molecule has 0 spiro atoms. The molecule has 0 heterocycles. The average Bonchev–Trinajstić information content (AvgIpc) is 2.46. The van der Waals surface area contributed by atoms with E-state index in [9.17, 15) is 9.18 Å². The molecule has 0 aliphatic rings. The van der Waals surface area contributed by atoms with Gasteiger partial charge in [0, 0.05) is 32.4 Å². The molecule has 118 valence electrons. The number of hydrogen-bond acceptors (Lipinski definition) is 3. The van der Waals surface area contributed by atoms with Crippen LogP contribution in [0.2, 0.25) is 0 Å². The number of halogens is 1. The Morgan fingerprint density at radius 1 is 1.43 bits per heavy atom. The van der Waals surface area contributed by atoms with E-state index in [1.165, 1.54) is 13.2 Å². The van der Waals surface area contributed by atoms with Crippen molar-refractivity contribution >= 4 is 6.03 Å². The van der Waals surface area contributed by atoms with Crippen molar-refractivity contribution in [1.29, 1.82) is 0 Å². The number of carbonyl (C=O) groups is 1. The van der Waals surface area contributed by atoms with Gasteiger partial charge in [-0.05, 0) is 30.0 Å². The highest BCUT2D eigenvalue weighted by atomic mass is 19.1. The van der Waals surface area contributed by atoms with Crippen molar-refractivity contribution in [3.05, 3.63) is 35.1 Å². The third-order valence-corrected chi connectivity index (χ3v) is 3.10. The van der Waals surface area contributed by atoms with Crippen molar-refractivity contribution in [1.82, 2.24) is 10.6 Å². The van der Waals surface area contributed by atoms with Crippen LogP contribution in [0.25, 0.3) is 0 Å². The molecule has 0 radical (unpaired) electrons. The predicted octanol–water partition coefficient (Wildman–Crippen LogP) is 1.79. The van der Waals surface area contributed by atoms with Crippen LogP contribution in [0.3, 0.4) is 0 Å². The van der Waals surface area contributed by atoms with E-state index in [2.05, 4.69) is 10.6 Å². The summed E-state index contributed by atoms with van der Waals surface area (Å²) < 4.78 is 18.4. The van der Waals surface area contributed by atoms with Crippen LogP contribution < -0.4 is 10.6 Å². The lowest BCUT2D eigenvalue weighted by molar-refractivity contribution is 0.181. The smallest absolute Gasteiger partial charge is 0.315 e. The van der Waals surface area contributed by atoms with Gasteiger partial charge in [0.15, 0.2) is 0 Å². The number of amides is 2. The van der Waals surface area contributed by atoms with Gasteiger partial charge in [-0.3, -0.25) is 0 Å². The molecule has 0 aliphatic heterocycles. The Balaban J connectivity index is 2.40. The van der Waals surface area contributed by atoms with E-state index >= 15 is 0 Å². The number of ether oxygens (including phenoxy) is 1. The Labute approximate surface area is 124 Å². The number of aliphatic hydroxyl groups is 1. The Morgan fingerprint density at radius 3 is 2.86 bits per heavy atom. The fourth-order valence-electron chi connectivity index (χ4n) is 1.84. The number of hydrogen-bond donors (Lipinski definition) is 3. The van der Waals surface area contributed by atoms with E-state index in [0.717, 1.165) is 5.56 Å². The summed E-state index contributed by atoms with van der Waals surface area (Å²) in [5, 5.41) is 14.2. The molecule has 1 atom stereocenters. The maximum absolute atomic E-state index is 13.4. The molecule has 3 N–H and O–H groups in total. The Kier molecular flexibility index (Phi) is 7.71. The first-order valence-corrected chi connectivity index (χ1v) is 6.95. The monoisotopic (exact) mass is 298 g/mol. The van der Waals surface area contributed by atoms with Gasteiger partial charge in [0.25, 0.3) is 0 Å². The molecule has 2 amide bonds. The second-order valence-electron chi connectivity index (χ2n) is 5.04. The SMILES string of the molecule is COCc1cc(CNC(=O)NCC(C)CCO)ccc1F. The summed E-state index contributed by atoms with van der Waals surface area (Å²) in [5.41, 5.74) is 1.27. The fraction of sp³-hybridized carbons (Fsp3) is 0.533. The number of carbonyl (C=O) groups excluding carboxylic acids is 1. The summed E-state index contributed by atoms with van der Waals surface area (Å²) in [7, 11) is 1.51. The van der Waals surface area contributed by atoms with Crippen LogP contribution in [0.4, 0.5) is 9.18 Å².